The van der Waals surface area contributed by atoms with Gasteiger partial charge in [-0.05, 0) is 31.5 Å². The summed E-state index contributed by atoms with van der Waals surface area (Å²) >= 11 is 0.999. The van der Waals surface area contributed by atoms with Gasteiger partial charge in [-0.25, -0.2) is 28.3 Å². The lowest BCUT2D eigenvalue weighted by Gasteiger charge is -2.09. The standard InChI is InChI=1S/C16H19N5O5S2/c1-3-26-15(23)11-7-19-16(21-14(11)17)27-8-13(22)20-10-5-4-9(2)12(6-10)28(18,24)25/h4-7H,3,8H2,1-2H3,(H,20,22)(H2,17,19,21)(H2,18,24,25). The second-order valence-corrected chi connectivity index (χ2v) is 8.01. The number of nitrogen functional groups attached to an aromatic ring is 1. The molecule has 28 heavy (non-hydrogen) atoms. The van der Waals surface area contributed by atoms with E-state index in [0.717, 1.165) is 11.8 Å². The van der Waals surface area contributed by atoms with Crippen LogP contribution in [-0.4, -0.2) is 42.6 Å². The Morgan fingerprint density at radius 2 is 2.04 bits per heavy atom. The highest BCUT2D eigenvalue weighted by Gasteiger charge is 2.16. The lowest BCUT2D eigenvalue weighted by molar-refractivity contribution is -0.113. The number of amides is 1. The Kier molecular flexibility index (Phi) is 6.94. The average Bonchev–Trinajstić information content (AvgIpc) is 2.61. The Bertz CT molecular complexity index is 1010. The molecule has 2 rings (SSSR count). The first-order valence-corrected chi connectivity index (χ1v) is 10.5. The highest BCUT2D eigenvalue weighted by Crippen LogP contribution is 2.20. The summed E-state index contributed by atoms with van der Waals surface area (Å²) in [6.07, 6.45) is 1.24. The minimum Gasteiger partial charge on any atom is -0.462 e. The molecule has 12 heteroatoms. The molecule has 150 valence electrons. The van der Waals surface area contributed by atoms with Crippen molar-refractivity contribution in [3.05, 3.63) is 35.5 Å². The van der Waals surface area contributed by atoms with Gasteiger partial charge < -0.3 is 15.8 Å². The van der Waals surface area contributed by atoms with Crippen molar-refractivity contribution in [1.82, 2.24) is 9.97 Å². The second-order valence-electron chi connectivity index (χ2n) is 5.53. The van der Waals surface area contributed by atoms with Crippen molar-refractivity contribution < 1.29 is 22.7 Å². The Morgan fingerprint density at radius 3 is 2.64 bits per heavy atom. The van der Waals surface area contributed by atoms with Gasteiger partial charge in [0.05, 0.1) is 17.3 Å². The van der Waals surface area contributed by atoms with Crippen LogP contribution in [0.4, 0.5) is 11.5 Å². The predicted octanol–water partition coefficient (Wildman–Crippen LogP) is 0.922. The zero-order valence-corrected chi connectivity index (χ0v) is 16.8. The molecule has 0 atom stereocenters. The SMILES string of the molecule is CCOC(=O)c1cnc(SCC(=O)Nc2ccc(C)c(S(N)(=O)=O)c2)nc1N. The number of nitrogens with one attached hydrogen (secondary N) is 1. The molecule has 1 amide bonds. The first-order valence-electron chi connectivity index (χ1n) is 7.97. The first kappa shape index (κ1) is 21.6. The maximum absolute atomic E-state index is 12.1. The van der Waals surface area contributed by atoms with Gasteiger partial charge >= 0.3 is 5.97 Å². The number of primary sulfonamides is 1. The lowest BCUT2D eigenvalue weighted by atomic mass is 10.2. The largest absolute Gasteiger partial charge is 0.462 e. The molecule has 0 spiro atoms. The molecule has 0 unspecified atom stereocenters. The fraction of sp³-hybridized carbons (Fsp3) is 0.250. The van der Waals surface area contributed by atoms with E-state index in [0.29, 0.717) is 11.3 Å². The van der Waals surface area contributed by atoms with Gasteiger partial charge in [-0.3, -0.25) is 4.79 Å². The molecule has 1 aromatic carbocycles. The number of nitrogens with two attached hydrogens (primary N) is 2. The third-order valence-corrected chi connectivity index (χ3v) is 5.32. The van der Waals surface area contributed by atoms with Crippen molar-refractivity contribution in [2.24, 2.45) is 5.14 Å². The van der Waals surface area contributed by atoms with Crippen molar-refractivity contribution in [3.63, 3.8) is 0 Å². The van der Waals surface area contributed by atoms with Gasteiger partial charge in [0.2, 0.25) is 15.9 Å². The van der Waals surface area contributed by atoms with Crippen LogP contribution >= 0.6 is 11.8 Å². The van der Waals surface area contributed by atoms with Crippen LogP contribution in [0.3, 0.4) is 0 Å². The molecule has 0 aliphatic rings. The Labute approximate surface area is 166 Å². The summed E-state index contributed by atoms with van der Waals surface area (Å²) < 4.78 is 27.9. The number of hydrogen-bond donors (Lipinski definition) is 3. The van der Waals surface area contributed by atoms with Gasteiger partial charge in [0.25, 0.3) is 0 Å². The summed E-state index contributed by atoms with van der Waals surface area (Å²) in [5.41, 5.74) is 6.53. The number of benzene rings is 1. The van der Waals surface area contributed by atoms with Crippen molar-refractivity contribution in [2.45, 2.75) is 23.9 Å². The summed E-state index contributed by atoms with van der Waals surface area (Å²) in [6, 6.07) is 4.39. The van der Waals surface area contributed by atoms with Crippen LogP contribution in [0.5, 0.6) is 0 Å². The number of carbonyl (C=O) groups excluding carboxylic acids is 2. The van der Waals surface area contributed by atoms with Crippen LogP contribution in [0.15, 0.2) is 34.4 Å². The molecule has 0 saturated heterocycles. The minimum absolute atomic E-state index is 0.0471. The number of rotatable bonds is 7. The van der Waals surface area contributed by atoms with Crippen LogP contribution < -0.4 is 16.2 Å². The van der Waals surface area contributed by atoms with E-state index in [1.807, 2.05) is 0 Å². The minimum atomic E-state index is -3.90. The number of carbonyl (C=O) groups is 2. The molecule has 2 aromatic rings. The van der Waals surface area contributed by atoms with Crippen molar-refractivity contribution >= 4 is 45.2 Å². The van der Waals surface area contributed by atoms with E-state index in [9.17, 15) is 18.0 Å². The smallest absolute Gasteiger partial charge is 0.343 e. The molecule has 5 N–H and O–H groups in total. The maximum atomic E-state index is 12.1. The highest BCUT2D eigenvalue weighted by atomic mass is 32.2. The number of esters is 1. The van der Waals surface area contributed by atoms with Gasteiger partial charge in [-0.2, -0.15) is 0 Å². The number of aromatic nitrogens is 2. The molecule has 10 nitrogen and oxygen atoms in total. The van der Waals surface area contributed by atoms with E-state index in [1.165, 1.54) is 12.3 Å². The average molecular weight is 425 g/mol. The van der Waals surface area contributed by atoms with E-state index >= 15 is 0 Å². The molecule has 0 aliphatic carbocycles. The topological polar surface area (TPSA) is 167 Å². The third kappa shape index (κ3) is 5.65. The zero-order chi connectivity index (χ0) is 20.9. The fourth-order valence-corrected chi connectivity index (χ4v) is 3.56. The summed E-state index contributed by atoms with van der Waals surface area (Å²) in [5, 5.41) is 7.93. The molecule has 0 bridgehead atoms. The Balaban J connectivity index is 2.01. The number of hydrogen-bond acceptors (Lipinski definition) is 9. The van der Waals surface area contributed by atoms with Crippen LogP contribution in [0.2, 0.25) is 0 Å². The number of aryl methyl sites for hydroxylation is 1. The monoisotopic (exact) mass is 425 g/mol. The van der Waals surface area contributed by atoms with Crippen LogP contribution in [0.25, 0.3) is 0 Å². The van der Waals surface area contributed by atoms with E-state index in [1.54, 1.807) is 26.0 Å². The van der Waals surface area contributed by atoms with Crippen molar-refractivity contribution in [3.8, 4) is 0 Å². The number of nitrogens with zero attached hydrogens (tertiary/aromatic N) is 2. The quantitative estimate of drug-likeness (QED) is 0.332. The number of anilines is 2. The van der Waals surface area contributed by atoms with E-state index in [2.05, 4.69) is 15.3 Å². The maximum Gasteiger partial charge on any atom is 0.343 e. The van der Waals surface area contributed by atoms with Gasteiger partial charge in [0.1, 0.15) is 11.4 Å². The second kappa shape index (κ2) is 8.99. The Morgan fingerprint density at radius 1 is 1.32 bits per heavy atom. The fourth-order valence-electron chi connectivity index (χ4n) is 2.13. The highest BCUT2D eigenvalue weighted by molar-refractivity contribution is 7.99. The van der Waals surface area contributed by atoms with Crippen LogP contribution in [-0.2, 0) is 19.6 Å². The number of sulfonamides is 1. The molecular weight excluding hydrogens is 406 g/mol. The van der Waals surface area contributed by atoms with Gasteiger partial charge in [-0.1, -0.05) is 17.8 Å². The molecule has 0 radical (unpaired) electrons. The summed E-state index contributed by atoms with van der Waals surface area (Å²) in [6.45, 7) is 3.46. The summed E-state index contributed by atoms with van der Waals surface area (Å²) in [5.74, 6) is -1.14. The van der Waals surface area contributed by atoms with E-state index < -0.39 is 21.9 Å². The lowest BCUT2D eigenvalue weighted by Crippen LogP contribution is -2.17. The molecule has 1 aromatic heterocycles. The Hall–Kier alpha value is -2.70. The molecule has 0 fully saturated rings. The summed E-state index contributed by atoms with van der Waals surface area (Å²) in [4.78, 5) is 31.6. The third-order valence-electron chi connectivity index (χ3n) is 3.40. The van der Waals surface area contributed by atoms with E-state index in [4.69, 9.17) is 15.6 Å². The summed E-state index contributed by atoms with van der Waals surface area (Å²) in [7, 11) is -3.90. The molecule has 0 aliphatic heterocycles. The van der Waals surface area contributed by atoms with Gasteiger partial charge in [0.15, 0.2) is 5.16 Å². The van der Waals surface area contributed by atoms with Crippen LogP contribution in [0.1, 0.15) is 22.8 Å². The van der Waals surface area contributed by atoms with Crippen molar-refractivity contribution in [2.75, 3.05) is 23.4 Å². The molecular formula is C16H19N5O5S2. The normalized spacial score (nSPS) is 11.1. The van der Waals surface area contributed by atoms with Gasteiger partial charge in [0, 0.05) is 11.9 Å². The van der Waals surface area contributed by atoms with Crippen molar-refractivity contribution in [1.29, 1.82) is 0 Å². The van der Waals surface area contributed by atoms with E-state index in [-0.39, 0.29) is 33.8 Å². The zero-order valence-electron chi connectivity index (χ0n) is 15.1. The molecule has 1 heterocycles. The van der Waals surface area contributed by atoms with Crippen LogP contribution in [0, 0.1) is 6.92 Å². The number of ether oxygens (including phenoxy) is 1. The predicted molar refractivity (Wildman–Crippen MR) is 104 cm³/mol. The van der Waals surface area contributed by atoms with Gasteiger partial charge in [-0.15, -0.1) is 0 Å². The molecule has 0 saturated carbocycles. The number of thioether (sulfide) groups is 1. The first-order chi connectivity index (χ1) is 13.1.